The van der Waals surface area contributed by atoms with Gasteiger partial charge in [-0.1, -0.05) is 23.4 Å². The molecule has 0 fully saturated rings. The summed E-state index contributed by atoms with van der Waals surface area (Å²) in [5.74, 6) is 1.57. The first-order valence-corrected chi connectivity index (χ1v) is 9.02. The van der Waals surface area contributed by atoms with E-state index in [4.69, 9.17) is 21.0 Å². The number of nitrogen functional groups attached to an aromatic ring is 2. The van der Waals surface area contributed by atoms with E-state index in [0.29, 0.717) is 31.1 Å². The van der Waals surface area contributed by atoms with Gasteiger partial charge in [-0.3, -0.25) is 4.98 Å². The minimum Gasteiger partial charge on any atom is -0.487 e. The summed E-state index contributed by atoms with van der Waals surface area (Å²) in [5.41, 5.74) is 15.4. The van der Waals surface area contributed by atoms with Gasteiger partial charge in [-0.15, -0.1) is 0 Å². The minimum absolute atomic E-state index is 0.230. The Labute approximate surface area is 163 Å². The van der Waals surface area contributed by atoms with E-state index in [9.17, 15) is 0 Å². The number of nitrogens with two attached hydrogens (primary N) is 2. The molecule has 1 aliphatic rings. The van der Waals surface area contributed by atoms with E-state index >= 15 is 0 Å². The zero-order valence-corrected chi connectivity index (χ0v) is 15.3. The van der Waals surface area contributed by atoms with Crippen molar-refractivity contribution in [2.45, 2.75) is 25.6 Å². The fourth-order valence-electron chi connectivity index (χ4n) is 3.09. The van der Waals surface area contributed by atoms with Crippen LogP contribution in [0.3, 0.4) is 0 Å². The van der Waals surface area contributed by atoms with E-state index < -0.39 is 0 Å². The van der Waals surface area contributed by atoms with Crippen molar-refractivity contribution in [3.63, 3.8) is 0 Å². The third-order valence-electron chi connectivity index (χ3n) is 4.48. The molecule has 0 saturated heterocycles. The van der Waals surface area contributed by atoms with Crippen LogP contribution in [0.25, 0.3) is 0 Å². The first-order valence-electron chi connectivity index (χ1n) is 9.02. The molecule has 0 spiro atoms. The normalized spacial score (nSPS) is 15.7. The largest absolute Gasteiger partial charge is 0.487 e. The van der Waals surface area contributed by atoms with Crippen LogP contribution in [-0.2, 0) is 17.9 Å². The second-order valence-electron chi connectivity index (χ2n) is 6.60. The van der Waals surface area contributed by atoms with Crippen LogP contribution in [0, 0.1) is 0 Å². The van der Waals surface area contributed by atoms with Crippen LogP contribution in [0.4, 0.5) is 11.6 Å². The van der Waals surface area contributed by atoms with E-state index in [1.165, 1.54) is 0 Å². The lowest BCUT2D eigenvalue weighted by molar-refractivity contribution is 0.0860. The van der Waals surface area contributed by atoms with Gasteiger partial charge >= 0.3 is 0 Å². The average molecular weight is 375 g/mol. The molecule has 3 heterocycles. The van der Waals surface area contributed by atoms with E-state index in [1.807, 2.05) is 48.5 Å². The minimum atomic E-state index is -0.230. The molecule has 2 aromatic heterocycles. The van der Waals surface area contributed by atoms with Crippen LogP contribution in [-0.4, -0.2) is 15.7 Å². The van der Waals surface area contributed by atoms with Gasteiger partial charge in [0.05, 0.1) is 11.4 Å². The summed E-state index contributed by atoms with van der Waals surface area (Å²) in [6.45, 7) is 0.430. The van der Waals surface area contributed by atoms with Crippen molar-refractivity contribution in [3.8, 4) is 5.75 Å². The number of hydrogen-bond acceptors (Lipinski definition) is 7. The van der Waals surface area contributed by atoms with Gasteiger partial charge in [0, 0.05) is 24.6 Å². The van der Waals surface area contributed by atoms with Gasteiger partial charge in [0.2, 0.25) is 0 Å². The van der Waals surface area contributed by atoms with Crippen LogP contribution in [0.15, 0.2) is 65.9 Å². The lowest BCUT2D eigenvalue weighted by Crippen LogP contribution is -2.07. The molecule has 4 N–H and O–H groups in total. The van der Waals surface area contributed by atoms with E-state index in [2.05, 4.69) is 15.1 Å². The second kappa shape index (κ2) is 7.96. The molecular formula is C21H21N5O2. The molecule has 1 unspecified atom stereocenters. The maximum Gasteiger partial charge on any atom is 0.161 e. The molecule has 1 atom stereocenters. The Morgan fingerprint density at radius 1 is 1.07 bits per heavy atom. The zero-order valence-electron chi connectivity index (χ0n) is 15.3. The van der Waals surface area contributed by atoms with E-state index in [-0.39, 0.29) is 6.10 Å². The Balaban J connectivity index is 1.37. The second-order valence-corrected chi connectivity index (χ2v) is 6.60. The van der Waals surface area contributed by atoms with Crippen LogP contribution in [0.2, 0.25) is 0 Å². The smallest absolute Gasteiger partial charge is 0.161 e. The summed E-state index contributed by atoms with van der Waals surface area (Å²) in [4.78, 5) is 13.9. The predicted molar refractivity (Wildman–Crippen MR) is 108 cm³/mol. The zero-order chi connectivity index (χ0) is 19.3. The highest BCUT2D eigenvalue weighted by Crippen LogP contribution is 2.31. The van der Waals surface area contributed by atoms with Crippen molar-refractivity contribution in [3.05, 3.63) is 77.6 Å². The SMILES string of the molecule is Nc1ccc(C2CC(Cc3cccc(OCc4ccccn4)c3)=NO2)c(N)n1. The van der Waals surface area contributed by atoms with Gasteiger partial charge in [-0.25, -0.2) is 4.98 Å². The topological polar surface area (TPSA) is 109 Å². The molecule has 0 radical (unpaired) electrons. The van der Waals surface area contributed by atoms with Crippen molar-refractivity contribution in [2.24, 2.45) is 5.16 Å². The summed E-state index contributed by atoms with van der Waals surface area (Å²) in [7, 11) is 0. The number of hydrogen-bond donors (Lipinski definition) is 2. The highest BCUT2D eigenvalue weighted by atomic mass is 16.6. The van der Waals surface area contributed by atoms with E-state index in [0.717, 1.165) is 28.3 Å². The fourth-order valence-corrected chi connectivity index (χ4v) is 3.09. The number of pyridine rings is 2. The molecule has 0 saturated carbocycles. The van der Waals surface area contributed by atoms with Crippen molar-refractivity contribution in [1.82, 2.24) is 9.97 Å². The Kier molecular flexibility index (Phi) is 5.05. The maximum absolute atomic E-state index is 5.96. The highest BCUT2D eigenvalue weighted by Gasteiger charge is 2.25. The third-order valence-corrected chi connectivity index (χ3v) is 4.48. The Morgan fingerprint density at radius 2 is 2.00 bits per heavy atom. The van der Waals surface area contributed by atoms with Gasteiger partial charge in [0.1, 0.15) is 24.0 Å². The van der Waals surface area contributed by atoms with Gasteiger partial charge in [0.15, 0.2) is 6.10 Å². The molecule has 4 rings (SSSR count). The molecule has 1 aliphatic heterocycles. The number of benzene rings is 1. The molecule has 142 valence electrons. The van der Waals surface area contributed by atoms with Crippen LogP contribution in [0.1, 0.15) is 29.3 Å². The lowest BCUT2D eigenvalue weighted by atomic mass is 10.0. The van der Waals surface area contributed by atoms with Crippen molar-refractivity contribution < 1.29 is 9.57 Å². The lowest BCUT2D eigenvalue weighted by Gasteiger charge is -2.11. The molecule has 7 nitrogen and oxygen atoms in total. The summed E-state index contributed by atoms with van der Waals surface area (Å²) in [6.07, 6.45) is 2.87. The number of aromatic nitrogens is 2. The van der Waals surface area contributed by atoms with Crippen LogP contribution < -0.4 is 16.2 Å². The van der Waals surface area contributed by atoms with Crippen LogP contribution >= 0.6 is 0 Å². The predicted octanol–water partition coefficient (Wildman–Crippen LogP) is 3.28. The van der Waals surface area contributed by atoms with Gasteiger partial charge in [-0.05, 0) is 42.0 Å². The summed E-state index contributed by atoms with van der Waals surface area (Å²) >= 11 is 0. The summed E-state index contributed by atoms with van der Waals surface area (Å²) < 4.78 is 5.84. The van der Waals surface area contributed by atoms with Crippen molar-refractivity contribution in [2.75, 3.05) is 11.5 Å². The molecule has 3 aromatic rings. The number of rotatable bonds is 6. The van der Waals surface area contributed by atoms with Crippen molar-refractivity contribution in [1.29, 1.82) is 0 Å². The Bertz CT molecular complexity index is 991. The van der Waals surface area contributed by atoms with Gasteiger partial charge in [-0.2, -0.15) is 0 Å². The first kappa shape index (κ1) is 17.8. The van der Waals surface area contributed by atoms with E-state index in [1.54, 1.807) is 12.3 Å². The Hall–Kier alpha value is -3.61. The summed E-state index contributed by atoms with van der Waals surface area (Å²) in [6, 6.07) is 17.3. The van der Waals surface area contributed by atoms with Crippen molar-refractivity contribution >= 4 is 17.3 Å². The Morgan fingerprint density at radius 3 is 2.82 bits per heavy atom. The first-order chi connectivity index (χ1) is 13.7. The molecule has 0 amide bonds. The molecular weight excluding hydrogens is 354 g/mol. The summed E-state index contributed by atoms with van der Waals surface area (Å²) in [5, 5.41) is 4.23. The number of nitrogens with zero attached hydrogens (tertiary/aromatic N) is 3. The molecule has 7 heteroatoms. The molecule has 0 aliphatic carbocycles. The monoisotopic (exact) mass is 375 g/mol. The number of anilines is 2. The fraction of sp³-hybridized carbons (Fsp3) is 0.190. The quantitative estimate of drug-likeness (QED) is 0.684. The third kappa shape index (κ3) is 4.20. The standard InChI is InChI=1S/C21H21N5O2/c22-20-8-7-18(21(23)25-20)19-12-16(26-28-19)10-14-4-3-6-17(11-14)27-13-15-5-1-2-9-24-15/h1-9,11,19H,10,12-13H2,(H4,22,23,25). The number of oxime groups is 1. The molecule has 28 heavy (non-hydrogen) atoms. The molecule has 1 aromatic carbocycles. The van der Waals surface area contributed by atoms with Crippen LogP contribution in [0.5, 0.6) is 5.75 Å². The van der Waals surface area contributed by atoms with Gasteiger partial charge < -0.3 is 21.0 Å². The average Bonchev–Trinajstić information content (AvgIpc) is 3.15. The number of ether oxygens (including phenoxy) is 1. The van der Waals surface area contributed by atoms with Gasteiger partial charge in [0.25, 0.3) is 0 Å². The maximum atomic E-state index is 5.96. The molecule has 0 bridgehead atoms. The highest BCUT2D eigenvalue weighted by molar-refractivity contribution is 5.87.